The van der Waals surface area contributed by atoms with E-state index in [-0.39, 0.29) is 6.04 Å². The summed E-state index contributed by atoms with van der Waals surface area (Å²) >= 11 is 6.80. The second-order valence-corrected chi connectivity index (χ2v) is 6.24. The van der Waals surface area contributed by atoms with E-state index in [1.165, 1.54) is 5.56 Å². The molecule has 0 fully saturated rings. The maximum Gasteiger partial charge on any atom is 0.169 e. The van der Waals surface area contributed by atoms with Gasteiger partial charge in [-0.1, -0.05) is 35.0 Å². The first-order valence-electron chi connectivity index (χ1n) is 6.37. The van der Waals surface area contributed by atoms with E-state index in [2.05, 4.69) is 75.3 Å². The molecule has 2 aromatic rings. The highest BCUT2D eigenvalue weighted by molar-refractivity contribution is 9.10. The number of hydrogen-bond donors (Lipinski definition) is 1. The van der Waals surface area contributed by atoms with Gasteiger partial charge in [-0.15, -0.1) is 0 Å². The van der Waals surface area contributed by atoms with Crippen LogP contribution in [-0.4, -0.2) is 0 Å². The van der Waals surface area contributed by atoms with Crippen LogP contribution in [0.4, 0.5) is 0 Å². The molecule has 0 saturated heterocycles. The van der Waals surface area contributed by atoms with Crippen molar-refractivity contribution in [2.24, 2.45) is 0 Å². The van der Waals surface area contributed by atoms with E-state index < -0.39 is 0 Å². The molecule has 0 spiro atoms. The summed E-state index contributed by atoms with van der Waals surface area (Å²) in [5.41, 5.74) is 1.29. The van der Waals surface area contributed by atoms with Gasteiger partial charge in [0.15, 0.2) is 4.67 Å². The van der Waals surface area contributed by atoms with Crippen LogP contribution >= 0.6 is 31.9 Å². The lowest BCUT2D eigenvalue weighted by Gasteiger charge is -2.21. The minimum Gasteiger partial charge on any atom is -0.453 e. The monoisotopic (exact) mass is 385 g/mol. The van der Waals surface area contributed by atoms with E-state index in [1.807, 2.05) is 12.1 Å². The molecule has 0 amide bonds. The molecule has 1 N–H and O–H groups in total. The fraction of sp³-hybridized carbons (Fsp3) is 0.333. The summed E-state index contributed by atoms with van der Waals surface area (Å²) in [6.07, 6.45) is 1.04. The Balaban J connectivity index is 2.08. The molecule has 0 radical (unpaired) electrons. The number of hydrogen-bond acceptors (Lipinski definition) is 2. The highest BCUT2D eigenvalue weighted by Crippen LogP contribution is 2.25. The number of benzene rings is 1. The summed E-state index contributed by atoms with van der Waals surface area (Å²) in [6, 6.07) is 12.9. The molecule has 0 aliphatic heterocycles. The largest absolute Gasteiger partial charge is 0.453 e. The molecule has 4 heteroatoms. The average molecular weight is 387 g/mol. The molecule has 0 aliphatic rings. The van der Waals surface area contributed by atoms with Gasteiger partial charge in [0.2, 0.25) is 0 Å². The van der Waals surface area contributed by atoms with Crippen molar-refractivity contribution in [1.29, 1.82) is 0 Å². The Kier molecular flexibility index (Phi) is 5.25. The second kappa shape index (κ2) is 6.73. The highest BCUT2D eigenvalue weighted by Gasteiger charge is 2.16. The van der Waals surface area contributed by atoms with Crippen LogP contribution in [0.3, 0.4) is 0 Å². The zero-order valence-electron chi connectivity index (χ0n) is 11.0. The Bertz CT molecular complexity index is 521. The van der Waals surface area contributed by atoms with Crippen molar-refractivity contribution in [3.63, 3.8) is 0 Å². The van der Waals surface area contributed by atoms with Gasteiger partial charge in [0.1, 0.15) is 5.76 Å². The summed E-state index contributed by atoms with van der Waals surface area (Å²) in [5, 5.41) is 3.60. The van der Waals surface area contributed by atoms with Crippen LogP contribution in [-0.2, 0) is 0 Å². The van der Waals surface area contributed by atoms with Crippen LogP contribution in [0.25, 0.3) is 0 Å². The van der Waals surface area contributed by atoms with Gasteiger partial charge < -0.3 is 9.73 Å². The van der Waals surface area contributed by atoms with Crippen LogP contribution in [0.5, 0.6) is 0 Å². The van der Waals surface area contributed by atoms with Crippen LogP contribution in [0.1, 0.15) is 43.7 Å². The Labute approximate surface area is 130 Å². The maximum atomic E-state index is 5.59. The Morgan fingerprint density at radius 1 is 1.11 bits per heavy atom. The Morgan fingerprint density at radius 2 is 1.79 bits per heavy atom. The number of rotatable bonds is 5. The first kappa shape index (κ1) is 14.8. The number of halogens is 2. The van der Waals surface area contributed by atoms with Gasteiger partial charge in [-0.25, -0.2) is 0 Å². The lowest BCUT2D eigenvalue weighted by Crippen LogP contribution is -2.23. The maximum absolute atomic E-state index is 5.59. The molecule has 1 aromatic carbocycles. The van der Waals surface area contributed by atoms with Crippen molar-refractivity contribution in [2.75, 3.05) is 0 Å². The Hall–Kier alpha value is -0.580. The summed E-state index contributed by atoms with van der Waals surface area (Å²) in [5.74, 6) is 0.947. The number of nitrogens with one attached hydrogen (secondary N) is 1. The summed E-state index contributed by atoms with van der Waals surface area (Å²) < 4.78 is 7.47. The SMILES string of the molecule is CCC(NC(C)c1ccc(Br)o1)c1ccc(Br)cc1. The minimum absolute atomic E-state index is 0.180. The van der Waals surface area contributed by atoms with Crippen molar-refractivity contribution >= 4 is 31.9 Å². The predicted octanol–water partition coefficient (Wildman–Crippen LogP) is 5.61. The normalized spacial score (nSPS) is 14.3. The van der Waals surface area contributed by atoms with Crippen molar-refractivity contribution < 1.29 is 4.42 Å². The molecule has 2 unspecified atom stereocenters. The molecule has 19 heavy (non-hydrogen) atoms. The van der Waals surface area contributed by atoms with E-state index in [4.69, 9.17) is 4.42 Å². The van der Waals surface area contributed by atoms with Crippen LogP contribution < -0.4 is 5.32 Å². The van der Waals surface area contributed by atoms with Crippen molar-refractivity contribution in [1.82, 2.24) is 5.32 Å². The van der Waals surface area contributed by atoms with Gasteiger partial charge in [0.05, 0.1) is 6.04 Å². The zero-order chi connectivity index (χ0) is 13.8. The predicted molar refractivity (Wildman–Crippen MR) is 85.1 cm³/mol. The van der Waals surface area contributed by atoms with Gasteiger partial charge in [-0.3, -0.25) is 0 Å². The molecule has 102 valence electrons. The third-order valence-electron chi connectivity index (χ3n) is 3.15. The third kappa shape index (κ3) is 3.94. The molecule has 2 nitrogen and oxygen atoms in total. The molecule has 0 bridgehead atoms. The minimum atomic E-state index is 0.180. The quantitative estimate of drug-likeness (QED) is 0.722. The van der Waals surface area contributed by atoms with E-state index in [9.17, 15) is 0 Å². The molecule has 2 atom stereocenters. The van der Waals surface area contributed by atoms with E-state index in [0.717, 1.165) is 21.3 Å². The molecule has 2 rings (SSSR count). The summed E-state index contributed by atoms with van der Waals surface area (Å²) in [4.78, 5) is 0. The van der Waals surface area contributed by atoms with Crippen molar-refractivity contribution in [3.8, 4) is 0 Å². The Morgan fingerprint density at radius 3 is 2.32 bits per heavy atom. The summed E-state index contributed by atoms with van der Waals surface area (Å²) in [7, 11) is 0. The van der Waals surface area contributed by atoms with Crippen LogP contribution in [0.2, 0.25) is 0 Å². The third-order valence-corrected chi connectivity index (χ3v) is 4.11. The van der Waals surface area contributed by atoms with Gasteiger partial charge in [-0.2, -0.15) is 0 Å². The standard InChI is InChI=1S/C15H17Br2NO/c1-3-13(11-4-6-12(16)7-5-11)18-10(2)14-8-9-15(17)19-14/h4-10,13,18H,3H2,1-2H3. The molecular formula is C15H17Br2NO. The lowest BCUT2D eigenvalue weighted by atomic mass is 10.0. The summed E-state index contributed by atoms with van der Waals surface area (Å²) in [6.45, 7) is 4.30. The topological polar surface area (TPSA) is 25.2 Å². The van der Waals surface area contributed by atoms with Crippen molar-refractivity contribution in [2.45, 2.75) is 32.4 Å². The molecular weight excluding hydrogens is 370 g/mol. The first-order valence-corrected chi connectivity index (χ1v) is 7.95. The van der Waals surface area contributed by atoms with Gasteiger partial charge >= 0.3 is 0 Å². The lowest BCUT2D eigenvalue weighted by molar-refractivity contribution is 0.379. The molecule has 1 heterocycles. The van der Waals surface area contributed by atoms with Crippen LogP contribution in [0.15, 0.2) is 50.0 Å². The number of furan rings is 1. The first-order chi connectivity index (χ1) is 9.10. The smallest absolute Gasteiger partial charge is 0.169 e. The fourth-order valence-corrected chi connectivity index (χ4v) is 2.67. The van der Waals surface area contributed by atoms with E-state index >= 15 is 0 Å². The van der Waals surface area contributed by atoms with Crippen LogP contribution in [0, 0.1) is 0 Å². The molecule has 0 saturated carbocycles. The molecule has 1 aromatic heterocycles. The highest BCUT2D eigenvalue weighted by atomic mass is 79.9. The second-order valence-electron chi connectivity index (χ2n) is 4.54. The van der Waals surface area contributed by atoms with Gasteiger partial charge in [0.25, 0.3) is 0 Å². The van der Waals surface area contributed by atoms with Gasteiger partial charge in [0, 0.05) is 10.5 Å². The van der Waals surface area contributed by atoms with Crippen molar-refractivity contribution in [3.05, 3.63) is 56.9 Å². The van der Waals surface area contributed by atoms with Gasteiger partial charge in [-0.05, 0) is 59.1 Å². The average Bonchev–Trinajstić information content (AvgIpc) is 2.84. The zero-order valence-corrected chi connectivity index (χ0v) is 14.2. The van der Waals surface area contributed by atoms with E-state index in [0.29, 0.717) is 6.04 Å². The fourth-order valence-electron chi connectivity index (χ4n) is 2.09. The van der Waals surface area contributed by atoms with E-state index in [1.54, 1.807) is 0 Å². The molecule has 0 aliphatic carbocycles.